The number of primary amides is 1. The average Bonchev–Trinajstić information content (AvgIpc) is 2.93. The first-order chi connectivity index (χ1) is 12.2. The number of benzene rings is 1. The van der Waals surface area contributed by atoms with E-state index >= 15 is 0 Å². The smallest absolute Gasteiger partial charge is 0.306 e. The van der Waals surface area contributed by atoms with Crippen molar-refractivity contribution in [3.05, 3.63) is 29.8 Å². The fourth-order valence-electron chi connectivity index (χ4n) is 2.69. The number of anilines is 1. The summed E-state index contributed by atoms with van der Waals surface area (Å²) in [5.41, 5.74) is 5.54. The van der Waals surface area contributed by atoms with E-state index in [-0.39, 0.29) is 12.3 Å². The van der Waals surface area contributed by atoms with Gasteiger partial charge < -0.3 is 21.1 Å². The van der Waals surface area contributed by atoms with Crippen LogP contribution in [-0.2, 0) is 19.1 Å². The van der Waals surface area contributed by atoms with Crippen LogP contribution in [0.4, 0.5) is 5.69 Å². The highest BCUT2D eigenvalue weighted by atomic mass is 16.5. The van der Waals surface area contributed by atoms with Gasteiger partial charge in [0.15, 0.2) is 6.10 Å². The summed E-state index contributed by atoms with van der Waals surface area (Å²) in [4.78, 5) is 46.4. The topological polar surface area (TPSA) is 128 Å². The first-order valence-corrected chi connectivity index (χ1v) is 8.40. The van der Waals surface area contributed by atoms with E-state index in [1.165, 1.54) is 31.2 Å². The first kappa shape index (κ1) is 19.4. The Morgan fingerprint density at radius 2 is 1.96 bits per heavy atom. The van der Waals surface area contributed by atoms with Gasteiger partial charge in [0.2, 0.25) is 11.8 Å². The van der Waals surface area contributed by atoms with E-state index in [9.17, 15) is 19.2 Å². The number of hydrogen-bond acceptors (Lipinski definition) is 5. The van der Waals surface area contributed by atoms with Gasteiger partial charge in [-0.3, -0.25) is 19.2 Å². The van der Waals surface area contributed by atoms with Crippen molar-refractivity contribution in [2.24, 2.45) is 5.73 Å². The molecule has 0 aliphatic carbocycles. The lowest BCUT2D eigenvalue weighted by atomic mass is 9.94. The molecule has 1 aliphatic heterocycles. The van der Waals surface area contributed by atoms with Crippen LogP contribution in [0.25, 0.3) is 0 Å². The minimum Gasteiger partial charge on any atom is -0.453 e. The maximum atomic E-state index is 12.1. The molecule has 2 atom stereocenters. The van der Waals surface area contributed by atoms with Crippen molar-refractivity contribution < 1.29 is 23.9 Å². The maximum absolute atomic E-state index is 12.1. The Labute approximate surface area is 151 Å². The molecule has 140 valence electrons. The van der Waals surface area contributed by atoms with Gasteiger partial charge in [-0.15, -0.1) is 0 Å². The third-order valence-electron chi connectivity index (χ3n) is 4.34. The molecule has 1 fully saturated rings. The molecular formula is C18H23N3O5. The molecular weight excluding hydrogens is 338 g/mol. The highest BCUT2D eigenvalue weighted by Crippen LogP contribution is 2.24. The number of ether oxygens (including phenoxy) is 1. The fraction of sp³-hybridized carbons (Fsp3) is 0.444. The highest BCUT2D eigenvalue weighted by Gasteiger charge is 2.33. The fourth-order valence-corrected chi connectivity index (χ4v) is 2.69. The summed E-state index contributed by atoms with van der Waals surface area (Å²) in [7, 11) is 0. The van der Waals surface area contributed by atoms with Crippen molar-refractivity contribution >= 4 is 29.4 Å². The van der Waals surface area contributed by atoms with Crippen LogP contribution in [0.15, 0.2) is 24.3 Å². The van der Waals surface area contributed by atoms with Crippen molar-refractivity contribution in [2.75, 3.05) is 5.32 Å². The molecule has 8 heteroatoms. The van der Waals surface area contributed by atoms with Crippen molar-refractivity contribution in [3.8, 4) is 0 Å². The van der Waals surface area contributed by atoms with Crippen LogP contribution in [0.1, 0.15) is 49.9 Å². The van der Waals surface area contributed by atoms with E-state index in [1.807, 2.05) is 6.92 Å². The van der Waals surface area contributed by atoms with Crippen molar-refractivity contribution in [1.82, 2.24) is 5.32 Å². The van der Waals surface area contributed by atoms with Crippen LogP contribution >= 0.6 is 0 Å². The van der Waals surface area contributed by atoms with Gasteiger partial charge in [0.05, 0.1) is 0 Å². The molecule has 1 aromatic carbocycles. The number of nitrogens with one attached hydrogen (secondary N) is 2. The van der Waals surface area contributed by atoms with E-state index in [0.29, 0.717) is 30.5 Å². The number of amides is 3. The Kier molecular flexibility index (Phi) is 5.97. The molecule has 0 saturated carbocycles. The molecule has 0 spiro atoms. The third kappa shape index (κ3) is 5.30. The zero-order valence-corrected chi connectivity index (χ0v) is 14.8. The Morgan fingerprint density at radius 3 is 2.50 bits per heavy atom. The Bertz CT molecular complexity index is 716. The summed E-state index contributed by atoms with van der Waals surface area (Å²) < 4.78 is 5.14. The van der Waals surface area contributed by atoms with Crippen LogP contribution in [-0.4, -0.2) is 35.3 Å². The molecule has 26 heavy (non-hydrogen) atoms. The van der Waals surface area contributed by atoms with Gasteiger partial charge in [0.1, 0.15) is 0 Å². The van der Waals surface area contributed by atoms with E-state index in [0.717, 1.165) is 0 Å². The minimum absolute atomic E-state index is 0.0176. The predicted octanol–water partition coefficient (Wildman–Crippen LogP) is 1.10. The molecule has 3 amide bonds. The van der Waals surface area contributed by atoms with Gasteiger partial charge in [-0.25, -0.2) is 0 Å². The lowest BCUT2D eigenvalue weighted by molar-refractivity contribution is -0.153. The lowest BCUT2D eigenvalue weighted by Gasteiger charge is -2.23. The molecule has 0 bridgehead atoms. The molecule has 1 aromatic rings. The third-order valence-corrected chi connectivity index (χ3v) is 4.34. The Hall–Kier alpha value is -2.90. The monoisotopic (exact) mass is 361 g/mol. The highest BCUT2D eigenvalue weighted by molar-refractivity contribution is 5.96. The zero-order chi connectivity index (χ0) is 19.3. The van der Waals surface area contributed by atoms with Crippen LogP contribution in [0.3, 0.4) is 0 Å². The van der Waals surface area contributed by atoms with Gasteiger partial charge in [-0.1, -0.05) is 0 Å². The van der Waals surface area contributed by atoms with Gasteiger partial charge in [0.25, 0.3) is 5.91 Å². The molecule has 2 rings (SSSR count). The maximum Gasteiger partial charge on any atom is 0.306 e. The molecule has 1 heterocycles. The number of hydrogen-bond donors (Lipinski definition) is 3. The summed E-state index contributed by atoms with van der Waals surface area (Å²) in [6, 6.07) is 6.06. The zero-order valence-electron chi connectivity index (χ0n) is 14.8. The summed E-state index contributed by atoms with van der Waals surface area (Å²) in [6.45, 7) is 3.36. The number of rotatable bonds is 7. The number of carbonyl (C=O) groups is 4. The average molecular weight is 361 g/mol. The Balaban J connectivity index is 1.79. The summed E-state index contributed by atoms with van der Waals surface area (Å²) >= 11 is 0. The number of nitrogens with two attached hydrogens (primary N) is 1. The summed E-state index contributed by atoms with van der Waals surface area (Å²) in [5.74, 6) is -1.56. The normalized spacial score (nSPS) is 20.2. The van der Waals surface area contributed by atoms with E-state index < -0.39 is 29.4 Å². The number of carbonyl (C=O) groups excluding carboxylic acids is 4. The van der Waals surface area contributed by atoms with Gasteiger partial charge in [-0.2, -0.15) is 0 Å². The quantitative estimate of drug-likeness (QED) is 0.627. The molecule has 0 radical (unpaired) electrons. The molecule has 4 N–H and O–H groups in total. The van der Waals surface area contributed by atoms with Crippen molar-refractivity contribution in [3.63, 3.8) is 0 Å². The second-order valence-corrected chi connectivity index (χ2v) is 6.67. The molecule has 0 aromatic heterocycles. The Morgan fingerprint density at radius 1 is 1.31 bits per heavy atom. The second kappa shape index (κ2) is 7.99. The first-order valence-electron chi connectivity index (χ1n) is 8.40. The van der Waals surface area contributed by atoms with E-state index in [4.69, 9.17) is 10.5 Å². The van der Waals surface area contributed by atoms with E-state index in [2.05, 4.69) is 10.6 Å². The predicted molar refractivity (Wildman–Crippen MR) is 94.2 cm³/mol. The van der Waals surface area contributed by atoms with Crippen LogP contribution in [0.5, 0.6) is 0 Å². The molecule has 1 aliphatic rings. The van der Waals surface area contributed by atoms with Crippen LogP contribution in [0.2, 0.25) is 0 Å². The van der Waals surface area contributed by atoms with Crippen LogP contribution < -0.4 is 16.4 Å². The van der Waals surface area contributed by atoms with E-state index in [1.54, 1.807) is 0 Å². The molecule has 0 unspecified atom stereocenters. The van der Waals surface area contributed by atoms with Crippen molar-refractivity contribution in [2.45, 2.75) is 51.2 Å². The van der Waals surface area contributed by atoms with Gasteiger partial charge >= 0.3 is 5.97 Å². The van der Waals surface area contributed by atoms with Gasteiger partial charge in [-0.05, 0) is 51.0 Å². The second-order valence-electron chi connectivity index (χ2n) is 6.67. The summed E-state index contributed by atoms with van der Waals surface area (Å²) in [5, 5.41) is 5.45. The van der Waals surface area contributed by atoms with Crippen LogP contribution in [0, 0.1) is 0 Å². The summed E-state index contributed by atoms with van der Waals surface area (Å²) in [6.07, 6.45) is 0.738. The molecule has 8 nitrogen and oxygen atoms in total. The van der Waals surface area contributed by atoms with Gasteiger partial charge in [0, 0.05) is 29.6 Å². The standard InChI is InChI=1S/C18H23N3O5/c1-11(17(25)20-13-5-3-12(4-6-13)16(19)24)26-15(23)8-10-18(2)9-7-14(22)21-18/h3-6,11H,7-10H2,1-2H3,(H2,19,24)(H,20,25)(H,21,22)/t11-,18+/m1/s1. The minimum atomic E-state index is -0.968. The largest absolute Gasteiger partial charge is 0.453 e. The molecule has 1 saturated heterocycles. The lowest BCUT2D eigenvalue weighted by Crippen LogP contribution is -2.39. The van der Waals surface area contributed by atoms with Crippen molar-refractivity contribution in [1.29, 1.82) is 0 Å². The number of esters is 1. The SMILES string of the molecule is C[C@@H](OC(=O)CC[C@]1(C)CCC(=O)N1)C(=O)Nc1ccc(C(N)=O)cc1.